The van der Waals surface area contributed by atoms with Gasteiger partial charge in [-0.3, -0.25) is 19.3 Å². The average molecular weight is 337 g/mol. The van der Waals surface area contributed by atoms with E-state index in [0.29, 0.717) is 44.1 Å². The number of carbonyl (C=O) groups excluding carboxylic acids is 2. The zero-order valence-corrected chi connectivity index (χ0v) is 13.0. The molecule has 2 heterocycles. The number of hydrogen-bond acceptors (Lipinski definition) is 8. The Morgan fingerprint density at radius 1 is 1.25 bits per heavy atom. The van der Waals surface area contributed by atoms with E-state index in [1.165, 1.54) is 0 Å². The lowest BCUT2D eigenvalue weighted by Gasteiger charge is -2.28. The van der Waals surface area contributed by atoms with Crippen LogP contribution in [0, 0.1) is 0 Å². The van der Waals surface area contributed by atoms with Gasteiger partial charge in [-0.15, -0.1) is 0 Å². The maximum Gasteiger partial charge on any atom is 0.267 e. The van der Waals surface area contributed by atoms with Gasteiger partial charge >= 0.3 is 0 Å². The maximum atomic E-state index is 12.7. The molecule has 130 valence electrons. The molecule has 1 atom stereocenters. The summed E-state index contributed by atoms with van der Waals surface area (Å²) >= 11 is 0. The fourth-order valence-corrected chi connectivity index (χ4v) is 2.58. The van der Waals surface area contributed by atoms with Gasteiger partial charge in [0.2, 0.25) is 0 Å². The Morgan fingerprint density at radius 2 is 2.12 bits per heavy atom. The van der Waals surface area contributed by atoms with Gasteiger partial charge < -0.3 is 15.2 Å². The quantitative estimate of drug-likeness (QED) is 0.520. The molecule has 0 aromatic heterocycles. The van der Waals surface area contributed by atoms with Crippen molar-refractivity contribution in [2.24, 2.45) is 5.73 Å². The number of imide groups is 1. The minimum atomic E-state index is -0.716. The van der Waals surface area contributed by atoms with Crippen LogP contribution in [-0.4, -0.2) is 55.9 Å². The smallest absolute Gasteiger partial charge is 0.267 e. The second kappa shape index (κ2) is 7.69. The van der Waals surface area contributed by atoms with Crippen LogP contribution < -0.4 is 16.1 Å². The molecule has 0 saturated carbocycles. The van der Waals surface area contributed by atoms with E-state index in [0.717, 1.165) is 4.90 Å². The highest BCUT2D eigenvalue weighted by atomic mass is 16.9. The number of fused-ring (bicyclic) bond motifs is 1. The highest BCUT2D eigenvalue weighted by molar-refractivity contribution is 6.22. The van der Waals surface area contributed by atoms with Crippen molar-refractivity contribution >= 4 is 11.8 Å². The third kappa shape index (κ3) is 3.25. The van der Waals surface area contributed by atoms with Gasteiger partial charge in [-0.2, -0.15) is 0 Å². The average Bonchev–Trinajstić information content (AvgIpc) is 2.87. The van der Waals surface area contributed by atoms with E-state index in [1.54, 1.807) is 18.2 Å². The van der Waals surface area contributed by atoms with Crippen LogP contribution in [0.15, 0.2) is 18.2 Å². The van der Waals surface area contributed by atoms with E-state index in [2.05, 4.69) is 5.64 Å². The molecule has 1 aromatic carbocycles. The van der Waals surface area contributed by atoms with Crippen molar-refractivity contribution in [2.45, 2.75) is 12.6 Å². The molecule has 0 radical (unpaired) electrons. The summed E-state index contributed by atoms with van der Waals surface area (Å²) in [7, 11) is 0. The molecule has 1 aromatic rings. The van der Waals surface area contributed by atoms with E-state index in [4.69, 9.17) is 24.9 Å². The standard InChI is InChI=1S/C15H19N3O6/c16-5-7-21-8-9-22-11-3-1-2-10-13(11)15(20)18(14(10)19)12-4-6-23-17-24-12/h1-3,12,17H,4-9,16H2. The monoisotopic (exact) mass is 337 g/mol. The van der Waals surface area contributed by atoms with Gasteiger partial charge in [-0.25, -0.2) is 4.90 Å². The molecule has 3 rings (SSSR count). The summed E-state index contributed by atoms with van der Waals surface area (Å²) in [5, 5.41) is 0. The zero-order chi connectivity index (χ0) is 16.9. The fraction of sp³-hybridized carbons (Fsp3) is 0.467. The molecular formula is C15H19N3O6. The third-order valence-electron chi connectivity index (χ3n) is 3.65. The van der Waals surface area contributed by atoms with Gasteiger partial charge in [0, 0.05) is 13.0 Å². The first kappa shape index (κ1) is 16.8. The molecular weight excluding hydrogens is 318 g/mol. The van der Waals surface area contributed by atoms with Crippen LogP contribution in [-0.2, 0) is 14.4 Å². The number of ether oxygens (including phenoxy) is 2. The molecule has 0 aliphatic carbocycles. The molecule has 2 aliphatic rings. The van der Waals surface area contributed by atoms with Crippen LogP contribution in [0.4, 0.5) is 0 Å². The minimum absolute atomic E-state index is 0.247. The molecule has 24 heavy (non-hydrogen) atoms. The molecule has 3 N–H and O–H groups in total. The van der Waals surface area contributed by atoms with Gasteiger partial charge in [0.25, 0.3) is 11.8 Å². The number of nitrogens with two attached hydrogens (primary N) is 1. The Bertz CT molecular complexity index is 617. The topological polar surface area (TPSA) is 112 Å². The van der Waals surface area contributed by atoms with Crippen molar-refractivity contribution in [2.75, 3.05) is 33.0 Å². The van der Waals surface area contributed by atoms with E-state index in [9.17, 15) is 9.59 Å². The summed E-state index contributed by atoms with van der Waals surface area (Å²) in [5.41, 5.74) is 8.13. The Balaban J connectivity index is 1.74. The first-order chi connectivity index (χ1) is 11.7. The Kier molecular flexibility index (Phi) is 5.38. The molecule has 9 heteroatoms. The highest BCUT2D eigenvalue weighted by Crippen LogP contribution is 2.33. The minimum Gasteiger partial charge on any atom is -0.490 e. The van der Waals surface area contributed by atoms with Crippen molar-refractivity contribution in [3.63, 3.8) is 0 Å². The van der Waals surface area contributed by atoms with Crippen molar-refractivity contribution in [1.82, 2.24) is 10.5 Å². The summed E-state index contributed by atoms with van der Waals surface area (Å²) in [6.45, 7) is 1.81. The largest absolute Gasteiger partial charge is 0.490 e. The van der Waals surface area contributed by atoms with E-state index in [1.807, 2.05) is 0 Å². The Hall–Kier alpha value is -2.04. The lowest BCUT2D eigenvalue weighted by molar-refractivity contribution is -0.259. The number of nitrogens with zero attached hydrogens (tertiary/aromatic N) is 1. The molecule has 1 unspecified atom stereocenters. The number of hydrogen-bond donors (Lipinski definition) is 2. The Morgan fingerprint density at radius 3 is 2.88 bits per heavy atom. The van der Waals surface area contributed by atoms with Gasteiger partial charge in [0.1, 0.15) is 12.4 Å². The molecule has 9 nitrogen and oxygen atoms in total. The van der Waals surface area contributed by atoms with Gasteiger partial charge in [0.15, 0.2) is 6.23 Å². The van der Waals surface area contributed by atoms with Crippen molar-refractivity contribution in [3.8, 4) is 5.75 Å². The maximum absolute atomic E-state index is 12.7. The summed E-state index contributed by atoms with van der Waals surface area (Å²) in [6, 6.07) is 4.92. The lowest BCUT2D eigenvalue weighted by Crippen LogP contribution is -2.47. The van der Waals surface area contributed by atoms with Gasteiger partial charge in [-0.1, -0.05) is 11.7 Å². The predicted octanol–water partition coefficient (Wildman–Crippen LogP) is -0.181. The molecule has 0 spiro atoms. The summed E-state index contributed by atoms with van der Waals surface area (Å²) in [5.74, 6) is -0.500. The molecule has 1 fully saturated rings. The Labute approximate surface area is 138 Å². The third-order valence-corrected chi connectivity index (χ3v) is 3.65. The predicted molar refractivity (Wildman–Crippen MR) is 80.9 cm³/mol. The fourth-order valence-electron chi connectivity index (χ4n) is 2.58. The van der Waals surface area contributed by atoms with Crippen LogP contribution in [0.2, 0.25) is 0 Å². The number of rotatable bonds is 7. The first-order valence-corrected chi connectivity index (χ1v) is 7.68. The van der Waals surface area contributed by atoms with Crippen LogP contribution in [0.1, 0.15) is 27.1 Å². The normalized spacial score (nSPS) is 20.4. The van der Waals surface area contributed by atoms with Crippen LogP contribution in [0.5, 0.6) is 5.75 Å². The SMILES string of the molecule is NCCOCCOc1cccc2c1C(=O)N(C1CCONO1)C2=O. The van der Waals surface area contributed by atoms with Gasteiger partial charge in [0.05, 0.1) is 30.9 Å². The number of amides is 2. The van der Waals surface area contributed by atoms with E-state index < -0.39 is 18.0 Å². The number of carbonyl (C=O) groups is 2. The number of benzene rings is 1. The first-order valence-electron chi connectivity index (χ1n) is 7.68. The van der Waals surface area contributed by atoms with Gasteiger partial charge in [-0.05, 0) is 12.1 Å². The molecule has 2 aliphatic heterocycles. The number of nitrogens with one attached hydrogen (secondary N) is 1. The van der Waals surface area contributed by atoms with E-state index >= 15 is 0 Å². The van der Waals surface area contributed by atoms with Crippen molar-refractivity contribution in [3.05, 3.63) is 29.3 Å². The molecule has 1 saturated heterocycles. The second-order valence-corrected chi connectivity index (χ2v) is 5.20. The van der Waals surface area contributed by atoms with Crippen LogP contribution in [0.3, 0.4) is 0 Å². The summed E-state index contributed by atoms with van der Waals surface area (Å²) in [6.07, 6.45) is -0.325. The van der Waals surface area contributed by atoms with Crippen LogP contribution >= 0.6 is 0 Å². The zero-order valence-electron chi connectivity index (χ0n) is 13.0. The molecule has 2 amide bonds. The summed E-state index contributed by atoms with van der Waals surface area (Å²) in [4.78, 5) is 36.3. The highest BCUT2D eigenvalue weighted by Gasteiger charge is 2.43. The molecule has 0 bridgehead atoms. The van der Waals surface area contributed by atoms with Crippen molar-refractivity contribution in [1.29, 1.82) is 0 Å². The van der Waals surface area contributed by atoms with Crippen LogP contribution in [0.25, 0.3) is 0 Å². The lowest BCUT2D eigenvalue weighted by atomic mass is 10.1. The second-order valence-electron chi connectivity index (χ2n) is 5.20. The van der Waals surface area contributed by atoms with Crippen molar-refractivity contribution < 1.29 is 28.7 Å². The summed E-state index contributed by atoms with van der Waals surface area (Å²) < 4.78 is 10.8. The van der Waals surface area contributed by atoms with E-state index in [-0.39, 0.29) is 12.2 Å².